The second-order valence-electron chi connectivity index (χ2n) is 8.71. The molecule has 0 N–H and O–H groups in total. The first-order valence-corrected chi connectivity index (χ1v) is 15.8. The van der Waals surface area contributed by atoms with Gasteiger partial charge in [-0.3, -0.25) is 0 Å². The highest BCUT2D eigenvalue weighted by molar-refractivity contribution is 7.20. The SMILES string of the molecule is Cn1cnc(N([Si](C)(C)C)[Si](c2ccccc2)(c2ccccc2)c2ccccc2)c1. The van der Waals surface area contributed by atoms with Crippen LogP contribution in [0.15, 0.2) is 104 Å². The fraction of sp³-hybridized carbons (Fsp3) is 0.160. The maximum absolute atomic E-state index is 4.88. The zero-order valence-electron chi connectivity index (χ0n) is 18.2. The Bertz CT molecular complexity index is 991. The Morgan fingerprint density at radius 1 is 0.667 bits per heavy atom. The van der Waals surface area contributed by atoms with Gasteiger partial charge in [0, 0.05) is 13.2 Å². The van der Waals surface area contributed by atoms with Crippen LogP contribution in [0.4, 0.5) is 5.82 Å². The molecule has 4 aromatic rings. The van der Waals surface area contributed by atoms with E-state index in [4.69, 9.17) is 4.98 Å². The first kappa shape index (κ1) is 20.4. The summed E-state index contributed by atoms with van der Waals surface area (Å²) < 4.78 is 4.79. The molecule has 4 rings (SSSR count). The Kier molecular flexibility index (Phi) is 5.49. The van der Waals surface area contributed by atoms with Crippen molar-refractivity contribution in [3.05, 3.63) is 104 Å². The summed E-state index contributed by atoms with van der Waals surface area (Å²) in [6, 6.07) is 33.2. The van der Waals surface area contributed by atoms with Gasteiger partial charge in [-0.25, -0.2) is 4.98 Å². The lowest BCUT2D eigenvalue weighted by Crippen LogP contribution is -2.82. The van der Waals surface area contributed by atoms with Crippen molar-refractivity contribution in [2.75, 3.05) is 4.23 Å². The molecule has 1 aromatic heterocycles. The first-order chi connectivity index (χ1) is 14.4. The third-order valence-electron chi connectivity index (χ3n) is 5.50. The van der Waals surface area contributed by atoms with Crippen molar-refractivity contribution in [2.45, 2.75) is 19.6 Å². The van der Waals surface area contributed by atoms with Crippen molar-refractivity contribution in [3.8, 4) is 0 Å². The van der Waals surface area contributed by atoms with E-state index in [2.05, 4.69) is 133 Å². The monoisotopic (exact) mass is 427 g/mol. The van der Waals surface area contributed by atoms with Gasteiger partial charge in [0.15, 0.2) is 0 Å². The molecule has 0 spiro atoms. The van der Waals surface area contributed by atoms with E-state index in [0.29, 0.717) is 0 Å². The summed E-state index contributed by atoms with van der Waals surface area (Å²) in [4.78, 5) is 4.88. The predicted octanol–water partition coefficient (Wildman–Crippen LogP) is 3.73. The number of imidazole rings is 1. The van der Waals surface area contributed by atoms with E-state index in [1.165, 1.54) is 15.6 Å². The minimum absolute atomic E-state index is 1.07. The van der Waals surface area contributed by atoms with Gasteiger partial charge in [-0.2, -0.15) is 0 Å². The van der Waals surface area contributed by atoms with Crippen LogP contribution < -0.4 is 19.8 Å². The second kappa shape index (κ2) is 8.09. The minimum atomic E-state index is -2.60. The average molecular weight is 428 g/mol. The highest BCUT2D eigenvalue weighted by atomic mass is 28.4. The van der Waals surface area contributed by atoms with Crippen LogP contribution in [0.5, 0.6) is 0 Å². The molecule has 0 bridgehead atoms. The summed E-state index contributed by atoms with van der Waals surface area (Å²) in [6.07, 6.45) is 4.09. The van der Waals surface area contributed by atoms with Crippen LogP contribution in [-0.4, -0.2) is 26.0 Å². The number of aromatic nitrogens is 2. The van der Waals surface area contributed by atoms with Gasteiger partial charge in [0.05, 0.1) is 6.33 Å². The summed E-state index contributed by atoms with van der Waals surface area (Å²) in [5.74, 6) is 1.07. The van der Waals surface area contributed by atoms with Gasteiger partial charge < -0.3 is 8.80 Å². The Labute approximate surface area is 181 Å². The van der Waals surface area contributed by atoms with Gasteiger partial charge >= 0.3 is 0 Å². The first-order valence-electron chi connectivity index (χ1n) is 10.4. The Hall–Kier alpha value is -2.90. The lowest BCUT2D eigenvalue weighted by Gasteiger charge is -2.50. The summed E-state index contributed by atoms with van der Waals surface area (Å²) in [6.45, 7) is 7.29. The third-order valence-corrected chi connectivity index (χ3v) is 14.5. The molecule has 0 atom stereocenters. The van der Waals surface area contributed by atoms with Crippen LogP contribution in [0.1, 0.15) is 0 Å². The molecule has 0 fully saturated rings. The summed E-state index contributed by atoms with van der Waals surface area (Å²) >= 11 is 0. The largest absolute Gasteiger partial charge is 0.398 e. The van der Waals surface area contributed by atoms with E-state index < -0.39 is 16.5 Å². The summed E-state index contributed by atoms with van der Waals surface area (Å²) in [7, 11) is -2.42. The maximum Gasteiger partial charge on any atom is 0.246 e. The molecule has 3 aromatic carbocycles. The van der Waals surface area contributed by atoms with Gasteiger partial charge in [-0.05, 0) is 15.6 Å². The number of aryl methyl sites for hydroxylation is 1. The zero-order valence-corrected chi connectivity index (χ0v) is 20.2. The van der Waals surface area contributed by atoms with Gasteiger partial charge in [0.25, 0.3) is 0 Å². The lowest BCUT2D eigenvalue weighted by atomic mass is 10.3. The molecule has 1 heterocycles. The van der Waals surface area contributed by atoms with E-state index in [-0.39, 0.29) is 0 Å². The van der Waals surface area contributed by atoms with Gasteiger partial charge in [0.2, 0.25) is 8.24 Å². The Morgan fingerprint density at radius 3 is 1.37 bits per heavy atom. The topological polar surface area (TPSA) is 21.1 Å². The fourth-order valence-electron chi connectivity index (χ4n) is 4.46. The number of nitrogens with zero attached hydrogens (tertiary/aromatic N) is 3. The molecule has 0 aliphatic carbocycles. The third kappa shape index (κ3) is 3.55. The highest BCUT2D eigenvalue weighted by Crippen LogP contribution is 2.27. The van der Waals surface area contributed by atoms with Gasteiger partial charge in [0.1, 0.15) is 14.1 Å². The van der Waals surface area contributed by atoms with Crippen molar-refractivity contribution < 1.29 is 0 Å². The van der Waals surface area contributed by atoms with Gasteiger partial charge in [-0.15, -0.1) is 0 Å². The van der Waals surface area contributed by atoms with Crippen molar-refractivity contribution in [1.29, 1.82) is 0 Å². The van der Waals surface area contributed by atoms with Crippen molar-refractivity contribution in [1.82, 2.24) is 9.55 Å². The molecule has 0 amide bonds. The number of benzene rings is 3. The number of rotatable bonds is 6. The normalized spacial score (nSPS) is 12.0. The second-order valence-corrected chi connectivity index (χ2v) is 17.5. The minimum Gasteiger partial charge on any atom is -0.398 e. The van der Waals surface area contributed by atoms with E-state index in [1.54, 1.807) is 0 Å². The number of anilines is 1. The summed E-state index contributed by atoms with van der Waals surface area (Å²) in [5, 5.41) is 4.15. The molecular formula is C25H29N3Si2. The molecule has 0 saturated carbocycles. The lowest BCUT2D eigenvalue weighted by molar-refractivity contribution is 0.913. The van der Waals surface area contributed by atoms with Crippen LogP contribution in [0.3, 0.4) is 0 Å². The Balaban J connectivity index is 2.16. The molecule has 3 nitrogen and oxygen atoms in total. The van der Waals surface area contributed by atoms with Crippen molar-refractivity contribution in [3.63, 3.8) is 0 Å². The standard InChI is InChI=1S/C25H29N3Si2/c1-27-20-25(26-21-27)28(29(2,3)4)30(22-14-8-5-9-15-22,23-16-10-6-11-17-23)24-18-12-7-13-19-24/h5-21H,1-4H3. The molecule has 30 heavy (non-hydrogen) atoms. The van der Waals surface area contributed by atoms with E-state index >= 15 is 0 Å². The number of hydrogen-bond donors (Lipinski definition) is 0. The van der Waals surface area contributed by atoms with Crippen LogP contribution >= 0.6 is 0 Å². The molecule has 0 aliphatic rings. The van der Waals surface area contributed by atoms with Crippen LogP contribution in [0.25, 0.3) is 0 Å². The molecule has 0 unspecified atom stereocenters. The van der Waals surface area contributed by atoms with E-state index in [0.717, 1.165) is 5.82 Å². The number of hydrogen-bond acceptors (Lipinski definition) is 2. The smallest absolute Gasteiger partial charge is 0.246 e. The van der Waals surface area contributed by atoms with Crippen molar-refractivity contribution in [2.24, 2.45) is 7.05 Å². The molecule has 152 valence electrons. The van der Waals surface area contributed by atoms with Crippen LogP contribution in [0, 0.1) is 0 Å². The molecule has 0 radical (unpaired) electrons. The van der Waals surface area contributed by atoms with Gasteiger partial charge in [-0.1, -0.05) is 111 Å². The Morgan fingerprint density at radius 2 is 1.07 bits per heavy atom. The molecule has 0 aliphatic heterocycles. The summed E-state index contributed by atoms with van der Waals surface area (Å²) in [5.41, 5.74) is 0. The predicted molar refractivity (Wildman–Crippen MR) is 133 cm³/mol. The van der Waals surface area contributed by atoms with E-state index in [1.807, 2.05) is 6.33 Å². The molecule has 5 heteroatoms. The zero-order chi connectivity index (χ0) is 21.2. The maximum atomic E-state index is 4.88. The molecule has 0 saturated heterocycles. The van der Waals surface area contributed by atoms with Crippen LogP contribution in [0.2, 0.25) is 19.6 Å². The fourth-order valence-corrected chi connectivity index (χ4v) is 14.7. The van der Waals surface area contributed by atoms with Crippen molar-refractivity contribution >= 4 is 37.8 Å². The molecular weight excluding hydrogens is 398 g/mol. The quantitative estimate of drug-likeness (QED) is 0.345. The average Bonchev–Trinajstić information content (AvgIpc) is 3.18. The van der Waals surface area contributed by atoms with E-state index in [9.17, 15) is 0 Å². The van der Waals surface area contributed by atoms with Crippen LogP contribution in [-0.2, 0) is 7.05 Å². The highest BCUT2D eigenvalue weighted by Gasteiger charge is 2.50.